The quantitative estimate of drug-likeness (QED) is 0.479. The zero-order valence-corrected chi connectivity index (χ0v) is 11.2. The molecular formula is C16H13ClO2. The topological polar surface area (TPSA) is 26.3 Å². The molecular weight excluding hydrogens is 260 g/mol. The smallest absolute Gasteiger partial charge is 0.338 e. The van der Waals surface area contributed by atoms with Crippen LogP contribution in [0.5, 0.6) is 0 Å². The second-order valence-electron chi connectivity index (χ2n) is 3.97. The minimum Gasteiger partial charge on any atom is -0.465 e. The van der Waals surface area contributed by atoms with Gasteiger partial charge in [-0.2, -0.15) is 0 Å². The summed E-state index contributed by atoms with van der Waals surface area (Å²) in [5.41, 5.74) is 2.15. The van der Waals surface area contributed by atoms with Gasteiger partial charge < -0.3 is 4.74 Å². The van der Waals surface area contributed by atoms with Crippen molar-refractivity contribution < 1.29 is 9.53 Å². The van der Waals surface area contributed by atoms with E-state index in [1.165, 1.54) is 7.11 Å². The van der Waals surface area contributed by atoms with Crippen molar-refractivity contribution in [1.29, 1.82) is 0 Å². The number of esters is 1. The van der Waals surface area contributed by atoms with E-state index >= 15 is 0 Å². The van der Waals surface area contributed by atoms with E-state index < -0.39 is 0 Å². The van der Waals surface area contributed by atoms with Crippen LogP contribution in [0.25, 0.3) is 11.6 Å². The van der Waals surface area contributed by atoms with Gasteiger partial charge in [-0.05, 0) is 29.3 Å². The molecule has 0 aliphatic rings. The van der Waals surface area contributed by atoms with E-state index in [4.69, 9.17) is 16.3 Å². The van der Waals surface area contributed by atoms with Crippen molar-refractivity contribution in [2.24, 2.45) is 0 Å². The van der Waals surface area contributed by atoms with E-state index in [2.05, 4.69) is 0 Å². The molecule has 2 aromatic carbocycles. The number of halogens is 1. The van der Waals surface area contributed by atoms with Crippen LogP contribution >= 0.6 is 11.6 Å². The van der Waals surface area contributed by atoms with Crippen LogP contribution < -0.4 is 0 Å². The first-order valence-corrected chi connectivity index (χ1v) is 6.19. The van der Waals surface area contributed by atoms with Crippen LogP contribution in [-0.4, -0.2) is 13.1 Å². The molecule has 0 bridgehead atoms. The molecule has 2 rings (SSSR count). The molecule has 19 heavy (non-hydrogen) atoms. The molecule has 3 heteroatoms. The molecule has 0 saturated heterocycles. The molecule has 0 heterocycles. The lowest BCUT2D eigenvalue weighted by Crippen LogP contribution is -2.03. The van der Waals surface area contributed by atoms with Gasteiger partial charge in [0.05, 0.1) is 12.7 Å². The van der Waals surface area contributed by atoms with Crippen LogP contribution in [0, 0.1) is 0 Å². The number of hydrogen-bond donors (Lipinski definition) is 0. The Bertz CT molecular complexity index is 603. The lowest BCUT2D eigenvalue weighted by atomic mass is 10.0. The summed E-state index contributed by atoms with van der Waals surface area (Å²) < 4.78 is 4.83. The number of carbonyl (C=O) groups excluding carboxylic acids is 1. The highest BCUT2D eigenvalue weighted by molar-refractivity contribution is 6.31. The molecule has 0 unspecified atom stereocenters. The first kappa shape index (κ1) is 13.4. The number of benzene rings is 2. The van der Waals surface area contributed by atoms with Crippen molar-refractivity contribution in [2.75, 3.05) is 7.11 Å². The monoisotopic (exact) mass is 272 g/mol. The molecule has 2 aromatic rings. The van der Waals surface area contributed by atoms with Gasteiger partial charge in [-0.15, -0.1) is 0 Å². The highest BCUT2D eigenvalue weighted by Crippen LogP contribution is 2.22. The van der Waals surface area contributed by atoms with Crippen molar-refractivity contribution >= 4 is 29.2 Å². The van der Waals surface area contributed by atoms with Gasteiger partial charge in [0.2, 0.25) is 0 Å². The maximum atomic E-state index is 11.9. The van der Waals surface area contributed by atoms with Crippen LogP contribution in [0.1, 0.15) is 11.1 Å². The lowest BCUT2D eigenvalue weighted by molar-refractivity contribution is -0.133. The van der Waals surface area contributed by atoms with E-state index in [-0.39, 0.29) is 5.97 Å². The Morgan fingerprint density at radius 3 is 2.47 bits per heavy atom. The van der Waals surface area contributed by atoms with Gasteiger partial charge in [0.15, 0.2) is 0 Å². The van der Waals surface area contributed by atoms with Crippen LogP contribution in [0.15, 0.2) is 54.6 Å². The van der Waals surface area contributed by atoms with E-state index in [0.29, 0.717) is 10.6 Å². The van der Waals surface area contributed by atoms with Crippen LogP contribution in [0.4, 0.5) is 0 Å². The molecule has 0 aliphatic carbocycles. The van der Waals surface area contributed by atoms with Gasteiger partial charge in [0.1, 0.15) is 0 Å². The minimum absolute atomic E-state index is 0.383. The summed E-state index contributed by atoms with van der Waals surface area (Å²) in [6.07, 6.45) is 1.79. The number of rotatable bonds is 3. The maximum absolute atomic E-state index is 11.9. The van der Waals surface area contributed by atoms with Crippen molar-refractivity contribution in [1.82, 2.24) is 0 Å². The molecule has 0 N–H and O–H groups in total. The maximum Gasteiger partial charge on any atom is 0.338 e. The molecule has 0 aromatic heterocycles. The Morgan fingerprint density at radius 1 is 1.11 bits per heavy atom. The summed E-state index contributed by atoms with van der Waals surface area (Å²) in [6.45, 7) is 0. The first-order valence-electron chi connectivity index (χ1n) is 5.81. The average Bonchev–Trinajstić information content (AvgIpc) is 2.45. The van der Waals surface area contributed by atoms with Gasteiger partial charge in [0, 0.05) is 5.02 Å². The fourth-order valence-electron chi connectivity index (χ4n) is 1.74. The van der Waals surface area contributed by atoms with E-state index in [9.17, 15) is 4.79 Å². The molecule has 0 saturated carbocycles. The Kier molecular flexibility index (Phi) is 4.37. The van der Waals surface area contributed by atoms with Crippen molar-refractivity contribution in [3.05, 3.63) is 70.7 Å². The Morgan fingerprint density at radius 2 is 1.84 bits per heavy atom. The second kappa shape index (κ2) is 6.21. The van der Waals surface area contributed by atoms with E-state index in [0.717, 1.165) is 11.1 Å². The van der Waals surface area contributed by atoms with Crippen molar-refractivity contribution in [3.8, 4) is 0 Å². The summed E-state index contributed by atoms with van der Waals surface area (Å²) in [6, 6.07) is 16.7. The Hall–Kier alpha value is -2.06. The standard InChI is InChI=1S/C16H13ClO2/c1-19-16(18)15(10-12-6-3-2-4-7-12)13-8-5-9-14(17)11-13/h2-11H,1H3. The number of methoxy groups -OCH3 is 1. The van der Waals surface area contributed by atoms with E-state index in [1.807, 2.05) is 36.4 Å². The van der Waals surface area contributed by atoms with Crippen molar-refractivity contribution in [3.63, 3.8) is 0 Å². The molecule has 2 nitrogen and oxygen atoms in total. The zero-order valence-electron chi connectivity index (χ0n) is 10.5. The summed E-state index contributed by atoms with van der Waals surface area (Å²) in [5, 5.41) is 0.584. The third-order valence-electron chi connectivity index (χ3n) is 2.65. The highest BCUT2D eigenvalue weighted by atomic mass is 35.5. The number of ether oxygens (including phenoxy) is 1. The fourth-order valence-corrected chi connectivity index (χ4v) is 1.93. The lowest BCUT2D eigenvalue weighted by Gasteiger charge is -2.06. The van der Waals surface area contributed by atoms with Crippen LogP contribution in [0.3, 0.4) is 0 Å². The van der Waals surface area contributed by atoms with Gasteiger partial charge in [0.25, 0.3) is 0 Å². The zero-order chi connectivity index (χ0) is 13.7. The third kappa shape index (κ3) is 3.46. The van der Waals surface area contributed by atoms with Gasteiger partial charge >= 0.3 is 5.97 Å². The van der Waals surface area contributed by atoms with Crippen molar-refractivity contribution in [2.45, 2.75) is 0 Å². The largest absolute Gasteiger partial charge is 0.465 e. The molecule has 0 amide bonds. The molecule has 0 atom stereocenters. The average molecular weight is 273 g/mol. The molecule has 96 valence electrons. The molecule has 0 radical (unpaired) electrons. The predicted octanol–water partition coefficient (Wildman–Crippen LogP) is 4.05. The second-order valence-corrected chi connectivity index (χ2v) is 4.41. The third-order valence-corrected chi connectivity index (χ3v) is 2.89. The summed E-state index contributed by atoms with van der Waals surface area (Å²) in [4.78, 5) is 11.9. The molecule has 0 fully saturated rings. The van der Waals surface area contributed by atoms with Crippen LogP contribution in [-0.2, 0) is 9.53 Å². The summed E-state index contributed by atoms with van der Waals surface area (Å²) in [5.74, 6) is -0.383. The normalized spacial score (nSPS) is 11.2. The number of carbonyl (C=O) groups is 1. The SMILES string of the molecule is COC(=O)C(=Cc1ccccc1)c1cccc(Cl)c1. The van der Waals surface area contributed by atoms with E-state index in [1.54, 1.807) is 24.3 Å². The molecule has 0 spiro atoms. The highest BCUT2D eigenvalue weighted by Gasteiger charge is 2.12. The van der Waals surface area contributed by atoms with Crippen LogP contribution in [0.2, 0.25) is 5.02 Å². The van der Waals surface area contributed by atoms with Gasteiger partial charge in [-0.3, -0.25) is 0 Å². The fraction of sp³-hybridized carbons (Fsp3) is 0.0625. The summed E-state index contributed by atoms with van der Waals surface area (Å²) >= 11 is 5.96. The Balaban J connectivity index is 2.48. The first-order chi connectivity index (χ1) is 9.20. The predicted molar refractivity (Wildman–Crippen MR) is 77.8 cm³/mol. The van der Waals surface area contributed by atoms with Gasteiger partial charge in [-0.25, -0.2) is 4.79 Å². The number of hydrogen-bond acceptors (Lipinski definition) is 2. The van der Waals surface area contributed by atoms with Gasteiger partial charge in [-0.1, -0.05) is 54.1 Å². The molecule has 0 aliphatic heterocycles. The summed E-state index contributed by atoms with van der Waals surface area (Å²) in [7, 11) is 1.37. The Labute approximate surface area is 117 Å². The minimum atomic E-state index is -0.383.